The Kier molecular flexibility index (Phi) is 3.24. The summed E-state index contributed by atoms with van der Waals surface area (Å²) in [6, 6.07) is 4.60. The molecule has 1 aliphatic rings. The van der Waals surface area contributed by atoms with Crippen molar-refractivity contribution in [2.75, 3.05) is 5.32 Å². The van der Waals surface area contributed by atoms with Crippen molar-refractivity contribution in [1.29, 1.82) is 0 Å². The molecular formula is C16H22N4. The predicted molar refractivity (Wildman–Crippen MR) is 81.1 cm³/mol. The Morgan fingerprint density at radius 1 is 1.30 bits per heavy atom. The summed E-state index contributed by atoms with van der Waals surface area (Å²) in [5, 5.41) is 3.70. The van der Waals surface area contributed by atoms with Crippen LogP contribution in [-0.2, 0) is 0 Å². The predicted octanol–water partition coefficient (Wildman–Crippen LogP) is 3.57. The molecule has 2 aromatic rings. The lowest BCUT2D eigenvalue weighted by molar-refractivity contribution is 0.350. The number of anilines is 1. The van der Waals surface area contributed by atoms with E-state index in [1.807, 2.05) is 36.1 Å². The minimum atomic E-state index is 0.344. The molecule has 2 heterocycles. The summed E-state index contributed by atoms with van der Waals surface area (Å²) in [5.41, 5.74) is 1.44. The van der Waals surface area contributed by atoms with Gasteiger partial charge < -0.3 is 5.32 Å². The van der Waals surface area contributed by atoms with Crippen molar-refractivity contribution in [2.24, 2.45) is 5.41 Å². The maximum absolute atomic E-state index is 4.53. The van der Waals surface area contributed by atoms with Crippen molar-refractivity contribution < 1.29 is 0 Å². The standard InChI is InChI=1S/C16H22N4/c1-12-17-10-11-20(12)15-13(6-5-9-18-15)19-14-7-4-8-16(14,2)3/h5-6,9-11,14,19H,4,7-8H2,1-3H3. The number of aryl methyl sites for hydroxylation is 1. The molecule has 0 spiro atoms. The molecule has 0 amide bonds. The quantitative estimate of drug-likeness (QED) is 0.927. The highest BCUT2D eigenvalue weighted by Gasteiger charge is 2.34. The lowest BCUT2D eigenvalue weighted by Gasteiger charge is -2.29. The fourth-order valence-electron chi connectivity index (χ4n) is 3.09. The second kappa shape index (κ2) is 4.93. The zero-order valence-electron chi connectivity index (χ0n) is 12.4. The van der Waals surface area contributed by atoms with Gasteiger partial charge >= 0.3 is 0 Å². The number of rotatable bonds is 3. The van der Waals surface area contributed by atoms with E-state index in [0.717, 1.165) is 17.3 Å². The summed E-state index contributed by atoms with van der Waals surface area (Å²) in [7, 11) is 0. The molecule has 1 fully saturated rings. The van der Waals surface area contributed by atoms with Crippen molar-refractivity contribution in [3.8, 4) is 5.82 Å². The Hall–Kier alpha value is -1.84. The smallest absolute Gasteiger partial charge is 0.161 e. The summed E-state index contributed by atoms with van der Waals surface area (Å²) < 4.78 is 2.03. The summed E-state index contributed by atoms with van der Waals surface area (Å²) >= 11 is 0. The van der Waals surface area contributed by atoms with Crippen molar-refractivity contribution >= 4 is 5.69 Å². The van der Waals surface area contributed by atoms with Crippen molar-refractivity contribution in [1.82, 2.24) is 14.5 Å². The van der Waals surface area contributed by atoms with E-state index in [4.69, 9.17) is 0 Å². The molecule has 1 aliphatic carbocycles. The molecule has 106 valence electrons. The molecule has 0 saturated heterocycles. The fraction of sp³-hybridized carbons (Fsp3) is 0.500. The van der Waals surface area contributed by atoms with Crippen LogP contribution in [0.5, 0.6) is 0 Å². The Morgan fingerprint density at radius 2 is 2.15 bits per heavy atom. The van der Waals surface area contributed by atoms with Crippen LogP contribution in [0.1, 0.15) is 38.9 Å². The van der Waals surface area contributed by atoms with Crippen LogP contribution in [0.3, 0.4) is 0 Å². The molecule has 1 atom stereocenters. The molecule has 1 unspecified atom stereocenters. The fourth-order valence-corrected chi connectivity index (χ4v) is 3.09. The van der Waals surface area contributed by atoms with Gasteiger partial charge in [-0.2, -0.15) is 0 Å². The molecule has 1 saturated carbocycles. The van der Waals surface area contributed by atoms with Gasteiger partial charge in [0.25, 0.3) is 0 Å². The third-order valence-electron chi connectivity index (χ3n) is 4.43. The van der Waals surface area contributed by atoms with Crippen molar-refractivity contribution in [3.05, 3.63) is 36.5 Å². The summed E-state index contributed by atoms with van der Waals surface area (Å²) in [6.07, 6.45) is 9.41. The largest absolute Gasteiger partial charge is 0.379 e. The molecule has 20 heavy (non-hydrogen) atoms. The van der Waals surface area contributed by atoms with Crippen LogP contribution in [0.2, 0.25) is 0 Å². The Labute approximate surface area is 120 Å². The van der Waals surface area contributed by atoms with Gasteiger partial charge in [0, 0.05) is 24.6 Å². The van der Waals surface area contributed by atoms with E-state index in [-0.39, 0.29) is 0 Å². The molecule has 0 bridgehead atoms. The lowest BCUT2D eigenvalue weighted by atomic mass is 9.87. The molecule has 2 aromatic heterocycles. The van der Waals surface area contributed by atoms with Gasteiger partial charge in [-0.1, -0.05) is 20.3 Å². The zero-order chi connectivity index (χ0) is 14.2. The number of pyridine rings is 1. The third kappa shape index (κ3) is 2.30. The zero-order valence-corrected chi connectivity index (χ0v) is 12.4. The minimum absolute atomic E-state index is 0.344. The van der Waals surface area contributed by atoms with E-state index in [2.05, 4.69) is 35.2 Å². The summed E-state index contributed by atoms with van der Waals surface area (Å²) in [5.74, 6) is 1.89. The number of imidazole rings is 1. The summed E-state index contributed by atoms with van der Waals surface area (Å²) in [6.45, 7) is 6.68. The van der Waals surface area contributed by atoms with Gasteiger partial charge in [0.1, 0.15) is 5.82 Å². The molecule has 3 rings (SSSR count). The normalized spacial score (nSPS) is 21.1. The van der Waals surface area contributed by atoms with E-state index in [1.54, 1.807) is 0 Å². The number of nitrogens with zero attached hydrogens (tertiary/aromatic N) is 3. The van der Waals surface area contributed by atoms with Crippen LogP contribution in [0.25, 0.3) is 5.82 Å². The molecule has 0 radical (unpaired) electrons. The molecule has 4 heteroatoms. The van der Waals surface area contributed by atoms with E-state index in [9.17, 15) is 0 Å². The molecule has 1 N–H and O–H groups in total. The minimum Gasteiger partial charge on any atom is -0.379 e. The molecule has 4 nitrogen and oxygen atoms in total. The van der Waals surface area contributed by atoms with Gasteiger partial charge in [0.15, 0.2) is 5.82 Å². The lowest BCUT2D eigenvalue weighted by Crippen LogP contribution is -2.31. The first-order valence-corrected chi connectivity index (χ1v) is 7.30. The van der Waals surface area contributed by atoms with Crippen LogP contribution >= 0.6 is 0 Å². The van der Waals surface area contributed by atoms with E-state index in [1.165, 1.54) is 19.3 Å². The van der Waals surface area contributed by atoms with Gasteiger partial charge in [0.05, 0.1) is 5.69 Å². The van der Waals surface area contributed by atoms with Crippen LogP contribution in [0, 0.1) is 12.3 Å². The summed E-state index contributed by atoms with van der Waals surface area (Å²) in [4.78, 5) is 8.82. The Bertz CT molecular complexity index is 600. The van der Waals surface area contributed by atoms with E-state index >= 15 is 0 Å². The Morgan fingerprint density at radius 3 is 2.80 bits per heavy atom. The number of hydrogen-bond acceptors (Lipinski definition) is 3. The van der Waals surface area contributed by atoms with Crippen LogP contribution in [-0.4, -0.2) is 20.6 Å². The van der Waals surface area contributed by atoms with E-state index in [0.29, 0.717) is 11.5 Å². The number of hydrogen-bond donors (Lipinski definition) is 1. The Balaban J connectivity index is 1.93. The van der Waals surface area contributed by atoms with Gasteiger partial charge in [-0.05, 0) is 37.3 Å². The van der Waals surface area contributed by atoms with Crippen LogP contribution in [0.15, 0.2) is 30.7 Å². The number of aromatic nitrogens is 3. The van der Waals surface area contributed by atoms with Gasteiger partial charge in [0.2, 0.25) is 0 Å². The van der Waals surface area contributed by atoms with Gasteiger partial charge in [-0.3, -0.25) is 4.57 Å². The van der Waals surface area contributed by atoms with Crippen molar-refractivity contribution in [3.63, 3.8) is 0 Å². The average Bonchev–Trinajstić information content (AvgIpc) is 2.97. The maximum Gasteiger partial charge on any atom is 0.161 e. The third-order valence-corrected chi connectivity index (χ3v) is 4.43. The number of nitrogens with one attached hydrogen (secondary N) is 1. The highest BCUT2D eigenvalue weighted by Crippen LogP contribution is 2.39. The average molecular weight is 270 g/mol. The second-order valence-corrected chi connectivity index (χ2v) is 6.30. The SMILES string of the molecule is Cc1nccn1-c1ncccc1NC1CCCC1(C)C. The first kappa shape index (κ1) is 13.2. The first-order valence-electron chi connectivity index (χ1n) is 7.30. The maximum atomic E-state index is 4.53. The van der Waals surface area contributed by atoms with E-state index < -0.39 is 0 Å². The topological polar surface area (TPSA) is 42.7 Å². The second-order valence-electron chi connectivity index (χ2n) is 6.30. The van der Waals surface area contributed by atoms with Crippen LogP contribution in [0.4, 0.5) is 5.69 Å². The highest BCUT2D eigenvalue weighted by atomic mass is 15.1. The monoisotopic (exact) mass is 270 g/mol. The highest BCUT2D eigenvalue weighted by molar-refractivity contribution is 5.58. The first-order chi connectivity index (χ1) is 9.58. The van der Waals surface area contributed by atoms with Gasteiger partial charge in [-0.15, -0.1) is 0 Å². The molecule has 0 aliphatic heterocycles. The van der Waals surface area contributed by atoms with Crippen LogP contribution < -0.4 is 5.32 Å². The molecular weight excluding hydrogens is 248 g/mol. The van der Waals surface area contributed by atoms with Gasteiger partial charge in [-0.25, -0.2) is 9.97 Å². The molecule has 0 aromatic carbocycles. The van der Waals surface area contributed by atoms with Crippen molar-refractivity contribution in [2.45, 2.75) is 46.1 Å².